The first kappa shape index (κ1) is 22.7. The number of carbonyl (C=O) groups excluding carboxylic acids is 1. The first-order valence-electron chi connectivity index (χ1n) is 11.3. The lowest BCUT2D eigenvalue weighted by atomic mass is 10.1. The Hall–Kier alpha value is -3.07. The van der Waals surface area contributed by atoms with Crippen molar-refractivity contribution in [1.29, 1.82) is 0 Å². The number of aromatic nitrogens is 1. The van der Waals surface area contributed by atoms with E-state index in [1.54, 1.807) is 27.8 Å². The number of piperidine rings is 1. The SMILES string of the molecule is CC1CCCCN1S(=O)(=O)c1ccc(C(=O)Nc2cccc(-c3nc4ccccc4s3)c2)cc1. The third-order valence-electron chi connectivity index (χ3n) is 6.13. The molecule has 0 saturated carbocycles. The van der Waals surface area contributed by atoms with Crippen molar-refractivity contribution in [2.24, 2.45) is 0 Å². The normalized spacial score (nSPS) is 17.0. The molecule has 1 unspecified atom stereocenters. The van der Waals surface area contributed by atoms with E-state index >= 15 is 0 Å². The van der Waals surface area contributed by atoms with Gasteiger partial charge in [-0.05, 0) is 68.3 Å². The second-order valence-electron chi connectivity index (χ2n) is 8.51. The molecule has 1 fully saturated rings. The minimum atomic E-state index is -3.56. The number of thiazole rings is 1. The van der Waals surface area contributed by atoms with Crippen LogP contribution in [0.3, 0.4) is 0 Å². The van der Waals surface area contributed by atoms with Crippen LogP contribution in [-0.2, 0) is 10.0 Å². The molecule has 0 spiro atoms. The second-order valence-corrected chi connectivity index (χ2v) is 11.4. The summed E-state index contributed by atoms with van der Waals surface area (Å²) < 4.78 is 28.7. The number of carbonyl (C=O) groups is 1. The number of para-hydroxylation sites is 1. The maximum absolute atomic E-state index is 13.0. The van der Waals surface area contributed by atoms with E-state index < -0.39 is 10.0 Å². The average molecular weight is 492 g/mol. The lowest BCUT2D eigenvalue weighted by Gasteiger charge is -2.32. The van der Waals surface area contributed by atoms with Crippen LogP contribution in [0.4, 0.5) is 5.69 Å². The third kappa shape index (κ3) is 4.49. The number of rotatable bonds is 5. The standard InChI is InChI=1S/C26H25N3O3S2/c1-18-7-4-5-16-29(18)34(31,32)22-14-12-19(13-15-22)25(30)27-21-9-6-8-20(17-21)26-28-23-10-2-3-11-24(23)33-26/h2-3,6,8-15,17-18H,4-5,7,16H2,1H3,(H,27,30). The number of hydrogen-bond donors (Lipinski definition) is 1. The van der Waals surface area contributed by atoms with Gasteiger partial charge in [0.15, 0.2) is 0 Å². The van der Waals surface area contributed by atoms with Crippen LogP contribution in [-0.4, -0.2) is 36.2 Å². The van der Waals surface area contributed by atoms with Crippen molar-refractivity contribution in [2.45, 2.75) is 37.1 Å². The van der Waals surface area contributed by atoms with Gasteiger partial charge in [-0.25, -0.2) is 13.4 Å². The monoisotopic (exact) mass is 491 g/mol. The molecule has 1 saturated heterocycles. The Morgan fingerprint density at radius 2 is 1.82 bits per heavy atom. The van der Waals surface area contributed by atoms with E-state index in [0.29, 0.717) is 17.8 Å². The molecule has 0 radical (unpaired) electrons. The summed E-state index contributed by atoms with van der Waals surface area (Å²) in [5, 5.41) is 3.80. The summed E-state index contributed by atoms with van der Waals surface area (Å²) in [5.41, 5.74) is 2.93. The molecule has 34 heavy (non-hydrogen) atoms. The molecule has 3 aromatic carbocycles. The fourth-order valence-corrected chi connectivity index (χ4v) is 6.93. The van der Waals surface area contributed by atoms with Crippen LogP contribution in [0.15, 0.2) is 77.7 Å². The Morgan fingerprint density at radius 3 is 2.59 bits per heavy atom. The average Bonchev–Trinajstić information content (AvgIpc) is 3.29. The zero-order chi connectivity index (χ0) is 23.7. The van der Waals surface area contributed by atoms with Crippen LogP contribution in [0.2, 0.25) is 0 Å². The summed E-state index contributed by atoms with van der Waals surface area (Å²) >= 11 is 1.61. The summed E-state index contributed by atoms with van der Waals surface area (Å²) in [5.74, 6) is -0.295. The zero-order valence-electron chi connectivity index (χ0n) is 18.8. The highest BCUT2D eigenvalue weighted by Gasteiger charge is 2.30. The molecule has 1 amide bonds. The quantitative estimate of drug-likeness (QED) is 0.384. The topological polar surface area (TPSA) is 79.4 Å². The maximum Gasteiger partial charge on any atom is 0.255 e. The lowest BCUT2D eigenvalue weighted by Crippen LogP contribution is -2.41. The summed E-state index contributed by atoms with van der Waals surface area (Å²) in [6, 6.07) is 21.7. The highest BCUT2D eigenvalue weighted by Crippen LogP contribution is 2.31. The fraction of sp³-hybridized carbons (Fsp3) is 0.231. The Balaban J connectivity index is 1.32. The van der Waals surface area contributed by atoms with E-state index in [9.17, 15) is 13.2 Å². The predicted octanol–water partition coefficient (Wildman–Crippen LogP) is 5.78. The smallest absolute Gasteiger partial charge is 0.255 e. The van der Waals surface area contributed by atoms with Crippen molar-refractivity contribution < 1.29 is 13.2 Å². The number of benzene rings is 3. The fourth-order valence-electron chi connectivity index (χ4n) is 4.27. The molecular weight excluding hydrogens is 466 g/mol. The van der Waals surface area contributed by atoms with E-state index in [4.69, 9.17) is 0 Å². The van der Waals surface area contributed by atoms with E-state index in [-0.39, 0.29) is 16.8 Å². The van der Waals surface area contributed by atoms with Crippen molar-refractivity contribution in [1.82, 2.24) is 9.29 Å². The molecule has 4 aromatic rings. The van der Waals surface area contributed by atoms with Crippen molar-refractivity contribution in [3.63, 3.8) is 0 Å². The molecule has 0 bridgehead atoms. The Bertz CT molecular complexity index is 1410. The minimum Gasteiger partial charge on any atom is -0.322 e. The minimum absolute atomic E-state index is 0.00979. The molecule has 174 valence electrons. The third-order valence-corrected chi connectivity index (χ3v) is 9.24. The molecule has 8 heteroatoms. The number of sulfonamides is 1. The largest absolute Gasteiger partial charge is 0.322 e. The summed E-state index contributed by atoms with van der Waals surface area (Å²) in [7, 11) is -3.56. The van der Waals surface area contributed by atoms with Crippen LogP contribution in [0, 0.1) is 0 Å². The second kappa shape index (κ2) is 9.29. The summed E-state index contributed by atoms with van der Waals surface area (Å²) in [4.78, 5) is 17.7. The molecule has 1 aliphatic heterocycles. The van der Waals surface area contributed by atoms with E-state index in [2.05, 4.69) is 10.3 Å². The molecule has 0 aliphatic carbocycles. The molecule has 6 nitrogen and oxygen atoms in total. The number of anilines is 1. The molecule has 1 aromatic heterocycles. The first-order chi connectivity index (χ1) is 16.4. The maximum atomic E-state index is 13.0. The van der Waals surface area contributed by atoms with E-state index in [1.807, 2.05) is 55.5 Å². The number of amides is 1. The van der Waals surface area contributed by atoms with Gasteiger partial charge in [0.05, 0.1) is 15.1 Å². The predicted molar refractivity (Wildman–Crippen MR) is 137 cm³/mol. The van der Waals surface area contributed by atoms with E-state index in [0.717, 1.165) is 40.1 Å². The number of nitrogens with zero attached hydrogens (tertiary/aromatic N) is 2. The van der Waals surface area contributed by atoms with Crippen LogP contribution in [0.25, 0.3) is 20.8 Å². The lowest BCUT2D eigenvalue weighted by molar-refractivity contribution is 0.102. The van der Waals surface area contributed by atoms with Crippen molar-refractivity contribution in [3.05, 3.63) is 78.4 Å². The van der Waals surface area contributed by atoms with E-state index in [1.165, 1.54) is 12.1 Å². The highest BCUT2D eigenvalue weighted by molar-refractivity contribution is 7.89. The van der Waals surface area contributed by atoms with Gasteiger partial charge >= 0.3 is 0 Å². The summed E-state index contributed by atoms with van der Waals surface area (Å²) in [6.45, 7) is 2.48. The van der Waals surface area contributed by atoms with Gasteiger partial charge < -0.3 is 5.32 Å². The van der Waals surface area contributed by atoms with Crippen molar-refractivity contribution >= 4 is 43.2 Å². The van der Waals surface area contributed by atoms with Gasteiger partial charge in [-0.1, -0.05) is 30.7 Å². The van der Waals surface area contributed by atoms with Crippen LogP contribution in [0.5, 0.6) is 0 Å². The van der Waals surface area contributed by atoms with Crippen LogP contribution in [0.1, 0.15) is 36.5 Å². The van der Waals surface area contributed by atoms with Gasteiger partial charge in [-0.2, -0.15) is 4.31 Å². The van der Waals surface area contributed by atoms with Gasteiger partial charge in [0.25, 0.3) is 5.91 Å². The van der Waals surface area contributed by atoms with Gasteiger partial charge in [-0.15, -0.1) is 11.3 Å². The van der Waals surface area contributed by atoms with Crippen LogP contribution < -0.4 is 5.32 Å². The highest BCUT2D eigenvalue weighted by atomic mass is 32.2. The first-order valence-corrected chi connectivity index (χ1v) is 13.6. The van der Waals surface area contributed by atoms with Gasteiger partial charge in [0.2, 0.25) is 10.0 Å². The molecular formula is C26H25N3O3S2. The van der Waals surface area contributed by atoms with Gasteiger partial charge in [0, 0.05) is 29.4 Å². The number of nitrogens with one attached hydrogen (secondary N) is 1. The molecule has 5 rings (SSSR count). The van der Waals surface area contributed by atoms with Gasteiger partial charge in [0.1, 0.15) is 5.01 Å². The Labute approximate surface area is 203 Å². The summed E-state index contributed by atoms with van der Waals surface area (Å²) in [6.07, 6.45) is 2.79. The van der Waals surface area contributed by atoms with Crippen molar-refractivity contribution in [2.75, 3.05) is 11.9 Å². The Morgan fingerprint density at radius 1 is 1.03 bits per heavy atom. The van der Waals surface area contributed by atoms with Crippen molar-refractivity contribution in [3.8, 4) is 10.6 Å². The molecule has 1 atom stereocenters. The van der Waals surface area contributed by atoms with Gasteiger partial charge in [-0.3, -0.25) is 4.79 Å². The number of fused-ring (bicyclic) bond motifs is 1. The Kier molecular flexibility index (Phi) is 6.20. The molecule has 1 aliphatic rings. The molecule has 1 N–H and O–H groups in total. The zero-order valence-corrected chi connectivity index (χ0v) is 20.4. The number of hydrogen-bond acceptors (Lipinski definition) is 5. The molecule has 2 heterocycles. The van der Waals surface area contributed by atoms with Crippen LogP contribution >= 0.6 is 11.3 Å².